The third kappa shape index (κ3) is 4.54. The normalized spacial score (nSPS) is 9.76. The van der Waals surface area contributed by atoms with E-state index in [1.807, 2.05) is 0 Å². The van der Waals surface area contributed by atoms with Gasteiger partial charge in [-0.05, 0) is 36.4 Å². The first-order chi connectivity index (χ1) is 10.0. The molecule has 0 fully saturated rings. The fourth-order valence-corrected chi connectivity index (χ4v) is 1.64. The van der Waals surface area contributed by atoms with Crippen molar-refractivity contribution < 1.29 is 19.4 Å². The highest BCUT2D eigenvalue weighted by atomic mass is 16.5. The van der Waals surface area contributed by atoms with Gasteiger partial charge in [-0.1, -0.05) is 6.07 Å². The number of carbonyl (C=O) groups excluding carboxylic acids is 2. The molecule has 0 saturated heterocycles. The molecule has 0 aliphatic rings. The zero-order chi connectivity index (χ0) is 15.2. The predicted octanol–water partition coefficient (Wildman–Crippen LogP) is 2.96. The molecule has 6 heteroatoms. The monoisotopic (exact) mass is 286 g/mol. The molecular formula is C15H14N2O4. The van der Waals surface area contributed by atoms with E-state index in [2.05, 4.69) is 10.6 Å². The van der Waals surface area contributed by atoms with E-state index in [1.54, 1.807) is 30.3 Å². The van der Waals surface area contributed by atoms with Gasteiger partial charge in [0.25, 0.3) is 0 Å². The summed E-state index contributed by atoms with van der Waals surface area (Å²) in [6, 6.07) is 12.1. The average Bonchev–Trinajstić information content (AvgIpc) is 2.41. The highest BCUT2D eigenvalue weighted by Crippen LogP contribution is 2.18. The van der Waals surface area contributed by atoms with Gasteiger partial charge in [0.1, 0.15) is 11.5 Å². The van der Waals surface area contributed by atoms with Crippen molar-refractivity contribution in [1.82, 2.24) is 0 Å². The number of rotatable bonds is 3. The number of nitrogens with one attached hydrogen (secondary N) is 2. The number of urea groups is 1. The molecule has 0 aromatic heterocycles. The maximum atomic E-state index is 11.8. The van der Waals surface area contributed by atoms with Crippen molar-refractivity contribution in [3.8, 4) is 11.5 Å². The number of esters is 1. The number of benzene rings is 2. The minimum Gasteiger partial charge on any atom is -0.508 e. The molecule has 2 amide bonds. The van der Waals surface area contributed by atoms with E-state index in [0.29, 0.717) is 17.1 Å². The summed E-state index contributed by atoms with van der Waals surface area (Å²) in [7, 11) is 0. The summed E-state index contributed by atoms with van der Waals surface area (Å²) in [5.41, 5.74) is 1.03. The molecule has 0 aliphatic heterocycles. The van der Waals surface area contributed by atoms with Crippen molar-refractivity contribution in [3.05, 3.63) is 48.5 Å². The molecule has 2 aromatic carbocycles. The van der Waals surface area contributed by atoms with Gasteiger partial charge in [0, 0.05) is 24.4 Å². The minimum absolute atomic E-state index is 0.120. The third-order valence-corrected chi connectivity index (χ3v) is 2.48. The van der Waals surface area contributed by atoms with Crippen LogP contribution in [0.4, 0.5) is 16.2 Å². The zero-order valence-electron chi connectivity index (χ0n) is 11.3. The number of amides is 2. The molecular weight excluding hydrogens is 272 g/mol. The fourth-order valence-electron chi connectivity index (χ4n) is 1.64. The number of hydrogen-bond donors (Lipinski definition) is 3. The van der Waals surface area contributed by atoms with Crippen LogP contribution < -0.4 is 15.4 Å². The van der Waals surface area contributed by atoms with Gasteiger partial charge < -0.3 is 20.5 Å². The molecule has 0 heterocycles. The molecule has 6 nitrogen and oxygen atoms in total. The van der Waals surface area contributed by atoms with E-state index in [4.69, 9.17) is 9.84 Å². The highest BCUT2D eigenvalue weighted by Gasteiger charge is 2.05. The van der Waals surface area contributed by atoms with Crippen molar-refractivity contribution in [1.29, 1.82) is 0 Å². The van der Waals surface area contributed by atoms with Crippen LogP contribution in [0.1, 0.15) is 6.92 Å². The van der Waals surface area contributed by atoms with Crippen molar-refractivity contribution in [2.24, 2.45) is 0 Å². The lowest BCUT2D eigenvalue weighted by atomic mass is 10.3. The molecule has 3 N–H and O–H groups in total. The zero-order valence-corrected chi connectivity index (χ0v) is 11.3. The SMILES string of the molecule is CC(=O)Oc1cccc(NC(=O)Nc2ccc(O)cc2)c1. The number of ether oxygens (including phenoxy) is 1. The fraction of sp³-hybridized carbons (Fsp3) is 0.0667. The Kier molecular flexibility index (Phi) is 4.40. The minimum atomic E-state index is -0.444. The van der Waals surface area contributed by atoms with Gasteiger partial charge in [-0.25, -0.2) is 4.79 Å². The lowest BCUT2D eigenvalue weighted by Gasteiger charge is -2.09. The van der Waals surface area contributed by atoms with Crippen LogP contribution in [0.3, 0.4) is 0 Å². The summed E-state index contributed by atoms with van der Waals surface area (Å²) < 4.78 is 4.93. The summed E-state index contributed by atoms with van der Waals surface area (Å²) in [4.78, 5) is 22.7. The molecule has 108 valence electrons. The van der Waals surface area contributed by atoms with Crippen molar-refractivity contribution in [2.45, 2.75) is 6.92 Å². The van der Waals surface area contributed by atoms with Crippen LogP contribution in [-0.2, 0) is 4.79 Å². The standard InChI is InChI=1S/C15H14N2O4/c1-10(18)21-14-4-2-3-12(9-14)17-15(20)16-11-5-7-13(19)8-6-11/h2-9,19H,1H3,(H2,16,17,20). The Balaban J connectivity index is 1.99. The summed E-state index contributed by atoms with van der Waals surface area (Å²) in [6.07, 6.45) is 0. The quantitative estimate of drug-likeness (QED) is 0.460. The number of aromatic hydroxyl groups is 1. The molecule has 0 unspecified atom stereocenters. The molecule has 0 aliphatic carbocycles. The average molecular weight is 286 g/mol. The van der Waals surface area contributed by atoms with E-state index < -0.39 is 12.0 Å². The molecule has 0 atom stereocenters. The number of phenolic OH excluding ortho intramolecular Hbond substituents is 1. The van der Waals surface area contributed by atoms with Crippen molar-refractivity contribution in [3.63, 3.8) is 0 Å². The molecule has 21 heavy (non-hydrogen) atoms. The van der Waals surface area contributed by atoms with Crippen LogP contribution >= 0.6 is 0 Å². The van der Waals surface area contributed by atoms with Gasteiger partial charge in [-0.3, -0.25) is 4.79 Å². The van der Waals surface area contributed by atoms with E-state index in [-0.39, 0.29) is 5.75 Å². The first-order valence-electron chi connectivity index (χ1n) is 6.18. The summed E-state index contributed by atoms with van der Waals surface area (Å²) >= 11 is 0. The van der Waals surface area contributed by atoms with Crippen LogP contribution in [-0.4, -0.2) is 17.1 Å². The largest absolute Gasteiger partial charge is 0.508 e. The number of phenols is 1. The van der Waals surface area contributed by atoms with Gasteiger partial charge in [0.15, 0.2) is 0 Å². The Morgan fingerprint density at radius 3 is 2.33 bits per heavy atom. The predicted molar refractivity (Wildman–Crippen MR) is 78.5 cm³/mol. The van der Waals surface area contributed by atoms with E-state index >= 15 is 0 Å². The first kappa shape index (κ1) is 14.4. The highest BCUT2D eigenvalue weighted by molar-refractivity contribution is 5.99. The lowest BCUT2D eigenvalue weighted by Crippen LogP contribution is -2.19. The van der Waals surface area contributed by atoms with Crippen LogP contribution in [0, 0.1) is 0 Å². The number of carbonyl (C=O) groups is 2. The maximum absolute atomic E-state index is 11.8. The van der Waals surface area contributed by atoms with Gasteiger partial charge in [0.2, 0.25) is 0 Å². The van der Waals surface area contributed by atoms with E-state index in [0.717, 1.165) is 0 Å². The Morgan fingerprint density at radius 2 is 1.67 bits per heavy atom. The summed E-state index contributed by atoms with van der Waals surface area (Å²) in [5, 5.41) is 14.4. The van der Waals surface area contributed by atoms with Crippen LogP contribution in [0.5, 0.6) is 11.5 Å². The van der Waals surface area contributed by atoms with Crippen molar-refractivity contribution in [2.75, 3.05) is 10.6 Å². The second-order valence-electron chi connectivity index (χ2n) is 4.25. The lowest BCUT2D eigenvalue weighted by molar-refractivity contribution is -0.131. The Bertz CT molecular complexity index is 653. The number of hydrogen-bond acceptors (Lipinski definition) is 4. The molecule has 2 aromatic rings. The first-order valence-corrected chi connectivity index (χ1v) is 6.18. The second-order valence-corrected chi connectivity index (χ2v) is 4.25. The second kappa shape index (κ2) is 6.42. The molecule has 0 spiro atoms. The Morgan fingerprint density at radius 1 is 1.00 bits per heavy atom. The Labute approximate surface area is 121 Å². The van der Waals surface area contributed by atoms with Gasteiger partial charge in [-0.15, -0.1) is 0 Å². The van der Waals surface area contributed by atoms with Gasteiger partial charge in [0.05, 0.1) is 0 Å². The van der Waals surface area contributed by atoms with E-state index in [1.165, 1.54) is 25.1 Å². The van der Waals surface area contributed by atoms with Crippen LogP contribution in [0.25, 0.3) is 0 Å². The molecule has 0 bridgehead atoms. The maximum Gasteiger partial charge on any atom is 0.323 e. The van der Waals surface area contributed by atoms with Crippen LogP contribution in [0.15, 0.2) is 48.5 Å². The molecule has 0 radical (unpaired) electrons. The Hall–Kier alpha value is -3.02. The smallest absolute Gasteiger partial charge is 0.323 e. The molecule has 0 saturated carbocycles. The van der Waals surface area contributed by atoms with Crippen LogP contribution in [0.2, 0.25) is 0 Å². The van der Waals surface area contributed by atoms with Crippen molar-refractivity contribution >= 4 is 23.4 Å². The summed E-state index contributed by atoms with van der Waals surface area (Å²) in [6.45, 7) is 1.30. The van der Waals surface area contributed by atoms with E-state index in [9.17, 15) is 9.59 Å². The molecule has 2 rings (SSSR count). The van der Waals surface area contributed by atoms with Gasteiger partial charge in [-0.2, -0.15) is 0 Å². The topological polar surface area (TPSA) is 87.7 Å². The summed E-state index contributed by atoms with van der Waals surface area (Å²) in [5.74, 6) is 0.0423. The number of anilines is 2. The third-order valence-electron chi connectivity index (χ3n) is 2.48. The van der Waals surface area contributed by atoms with Gasteiger partial charge >= 0.3 is 12.0 Å².